The summed E-state index contributed by atoms with van der Waals surface area (Å²) in [6, 6.07) is 8.91. The van der Waals surface area contributed by atoms with Crippen LogP contribution in [0.5, 0.6) is 5.75 Å². The Morgan fingerprint density at radius 1 is 1.33 bits per heavy atom. The highest BCUT2D eigenvalue weighted by Gasteiger charge is 2.46. The Kier molecular flexibility index (Phi) is 4.41. The Morgan fingerprint density at radius 3 is 2.85 bits per heavy atom. The molecule has 8 nitrogen and oxygen atoms in total. The highest BCUT2D eigenvalue weighted by molar-refractivity contribution is 5.94. The predicted molar refractivity (Wildman–Crippen MR) is 96.3 cm³/mol. The van der Waals surface area contributed by atoms with Crippen molar-refractivity contribution < 1.29 is 24.2 Å². The smallest absolute Gasteiger partial charge is 0.415 e. The molecular formula is C19H19N3O5. The summed E-state index contributed by atoms with van der Waals surface area (Å²) >= 11 is 0. The van der Waals surface area contributed by atoms with Gasteiger partial charge in [-0.15, -0.1) is 0 Å². The minimum Gasteiger partial charge on any atom is -0.489 e. The second-order valence-corrected chi connectivity index (χ2v) is 6.49. The third-order valence-corrected chi connectivity index (χ3v) is 4.71. The summed E-state index contributed by atoms with van der Waals surface area (Å²) in [4.78, 5) is 29.3. The van der Waals surface area contributed by atoms with E-state index in [2.05, 4.69) is 10.3 Å². The van der Waals surface area contributed by atoms with E-state index in [-0.39, 0.29) is 31.7 Å². The number of nitrogens with one attached hydrogen (secondary N) is 1. The van der Waals surface area contributed by atoms with Crippen molar-refractivity contribution in [2.24, 2.45) is 0 Å². The lowest BCUT2D eigenvalue weighted by Gasteiger charge is -2.31. The second-order valence-electron chi connectivity index (χ2n) is 6.49. The lowest BCUT2D eigenvalue weighted by Crippen LogP contribution is -2.47. The number of nitrogens with zero attached hydrogens (tertiary/aromatic N) is 2. The average molecular weight is 369 g/mol. The molecule has 2 amide bonds. The monoisotopic (exact) mass is 369 g/mol. The largest absolute Gasteiger partial charge is 0.489 e. The number of fused-ring (bicyclic) bond motifs is 3. The first kappa shape index (κ1) is 17.3. The Balaban J connectivity index is 1.59. The number of benzene rings is 1. The molecule has 4 rings (SSSR count). The number of aliphatic hydroxyl groups excluding tert-OH is 1. The van der Waals surface area contributed by atoms with Crippen molar-refractivity contribution in [3.8, 4) is 16.9 Å². The van der Waals surface area contributed by atoms with E-state index in [1.54, 1.807) is 17.2 Å². The van der Waals surface area contributed by atoms with E-state index in [1.807, 2.05) is 24.3 Å². The molecule has 2 aliphatic heterocycles. The highest BCUT2D eigenvalue weighted by Crippen LogP contribution is 2.40. The summed E-state index contributed by atoms with van der Waals surface area (Å²) in [5.41, 5.74) is 3.02. The number of amides is 2. The van der Waals surface area contributed by atoms with Gasteiger partial charge in [0.15, 0.2) is 0 Å². The van der Waals surface area contributed by atoms with E-state index in [1.165, 1.54) is 6.92 Å². The molecule has 2 aromatic rings. The summed E-state index contributed by atoms with van der Waals surface area (Å²) in [6.07, 6.45) is 0.790. The predicted octanol–water partition coefficient (Wildman–Crippen LogP) is 1.46. The molecule has 2 atom stereocenters. The van der Waals surface area contributed by atoms with E-state index in [4.69, 9.17) is 14.6 Å². The van der Waals surface area contributed by atoms with Crippen LogP contribution in [-0.4, -0.2) is 47.4 Å². The highest BCUT2D eigenvalue weighted by atomic mass is 16.6. The number of carbonyl (C=O) groups excluding carboxylic acids is 2. The fourth-order valence-electron chi connectivity index (χ4n) is 3.32. The second kappa shape index (κ2) is 6.88. The number of ether oxygens (including phenoxy) is 2. The van der Waals surface area contributed by atoms with Gasteiger partial charge in [-0.05, 0) is 23.8 Å². The molecule has 27 heavy (non-hydrogen) atoms. The van der Waals surface area contributed by atoms with Gasteiger partial charge >= 0.3 is 6.09 Å². The Morgan fingerprint density at radius 2 is 2.15 bits per heavy atom. The fourth-order valence-corrected chi connectivity index (χ4v) is 3.32. The van der Waals surface area contributed by atoms with Gasteiger partial charge in [-0.25, -0.2) is 4.79 Å². The van der Waals surface area contributed by atoms with Gasteiger partial charge in [0.1, 0.15) is 24.5 Å². The summed E-state index contributed by atoms with van der Waals surface area (Å²) in [7, 11) is 0. The SMILES string of the molecule is CC(=O)NC[C@@H]1OC(=O)N2c3ccc(-c4ccc(CO)nc4)cc3OC[C@@H]12. The number of hydrogen-bond acceptors (Lipinski definition) is 6. The lowest BCUT2D eigenvalue weighted by molar-refractivity contribution is -0.119. The molecule has 2 N–H and O–H groups in total. The van der Waals surface area contributed by atoms with Crippen LogP contribution in [0, 0.1) is 0 Å². The molecule has 1 aromatic heterocycles. The van der Waals surface area contributed by atoms with Gasteiger partial charge in [-0.2, -0.15) is 0 Å². The van der Waals surface area contributed by atoms with Crippen LogP contribution in [0.15, 0.2) is 36.5 Å². The molecule has 3 heterocycles. The molecule has 1 fully saturated rings. The number of pyridine rings is 1. The van der Waals surface area contributed by atoms with Gasteiger partial charge in [0, 0.05) is 18.7 Å². The van der Waals surface area contributed by atoms with Crippen molar-refractivity contribution >= 4 is 17.7 Å². The topological polar surface area (TPSA) is 101 Å². The van der Waals surface area contributed by atoms with Gasteiger partial charge in [-0.3, -0.25) is 14.7 Å². The lowest BCUT2D eigenvalue weighted by atomic mass is 10.0. The van der Waals surface area contributed by atoms with E-state index in [9.17, 15) is 9.59 Å². The number of carbonyl (C=O) groups is 2. The molecule has 0 spiro atoms. The number of rotatable bonds is 4. The zero-order valence-corrected chi connectivity index (χ0v) is 14.7. The summed E-state index contributed by atoms with van der Waals surface area (Å²) in [5.74, 6) is 0.416. The van der Waals surface area contributed by atoms with Crippen molar-refractivity contribution in [1.82, 2.24) is 10.3 Å². The molecule has 0 radical (unpaired) electrons. The standard InChI is InChI=1S/C19H19N3O5/c1-11(24)20-8-18-16-10-26-17-6-12(13-2-4-14(9-23)21-7-13)3-5-15(17)22(16)19(25)27-18/h2-7,16,18,23H,8-10H2,1H3,(H,20,24)/t16-,18-/m0/s1. The molecule has 0 bridgehead atoms. The quantitative estimate of drug-likeness (QED) is 0.846. The number of cyclic esters (lactones) is 1. The summed E-state index contributed by atoms with van der Waals surface area (Å²) < 4.78 is 11.3. The van der Waals surface area contributed by atoms with Crippen LogP contribution >= 0.6 is 0 Å². The van der Waals surface area contributed by atoms with Gasteiger partial charge in [0.2, 0.25) is 5.91 Å². The van der Waals surface area contributed by atoms with Crippen molar-refractivity contribution in [2.45, 2.75) is 25.7 Å². The molecular weight excluding hydrogens is 350 g/mol. The number of aliphatic hydroxyl groups is 1. The van der Waals surface area contributed by atoms with Crippen LogP contribution in [0.4, 0.5) is 10.5 Å². The maximum absolute atomic E-state index is 12.4. The summed E-state index contributed by atoms with van der Waals surface area (Å²) in [6.45, 7) is 1.85. The molecule has 1 saturated heterocycles. The first-order chi connectivity index (χ1) is 13.1. The molecule has 0 saturated carbocycles. The molecule has 140 valence electrons. The molecule has 0 unspecified atom stereocenters. The van der Waals surface area contributed by atoms with Gasteiger partial charge in [0.05, 0.1) is 24.5 Å². The Bertz CT molecular complexity index is 883. The van der Waals surface area contributed by atoms with Crippen LogP contribution in [0.3, 0.4) is 0 Å². The van der Waals surface area contributed by atoms with Gasteiger partial charge < -0.3 is 19.9 Å². The summed E-state index contributed by atoms with van der Waals surface area (Å²) in [5, 5.41) is 11.8. The van der Waals surface area contributed by atoms with Crippen LogP contribution in [0.25, 0.3) is 11.1 Å². The van der Waals surface area contributed by atoms with Crippen LogP contribution in [-0.2, 0) is 16.1 Å². The van der Waals surface area contributed by atoms with Gasteiger partial charge in [-0.1, -0.05) is 12.1 Å². The van der Waals surface area contributed by atoms with E-state index < -0.39 is 12.2 Å². The number of aromatic nitrogens is 1. The normalized spacial score (nSPS) is 20.4. The molecule has 2 aliphatic rings. The van der Waals surface area contributed by atoms with E-state index >= 15 is 0 Å². The minimum atomic E-state index is -0.454. The minimum absolute atomic E-state index is 0.105. The van der Waals surface area contributed by atoms with Crippen LogP contribution in [0.1, 0.15) is 12.6 Å². The van der Waals surface area contributed by atoms with Crippen molar-refractivity contribution in [1.29, 1.82) is 0 Å². The third-order valence-electron chi connectivity index (χ3n) is 4.71. The first-order valence-electron chi connectivity index (χ1n) is 8.64. The molecule has 8 heteroatoms. The number of hydrogen-bond donors (Lipinski definition) is 2. The Labute approximate surface area is 155 Å². The first-order valence-corrected chi connectivity index (χ1v) is 8.64. The number of anilines is 1. The third kappa shape index (κ3) is 3.19. The van der Waals surface area contributed by atoms with Crippen molar-refractivity contribution in [3.63, 3.8) is 0 Å². The van der Waals surface area contributed by atoms with Crippen molar-refractivity contribution in [2.75, 3.05) is 18.1 Å². The molecule has 1 aromatic carbocycles. The zero-order valence-electron chi connectivity index (χ0n) is 14.7. The van der Waals surface area contributed by atoms with E-state index in [0.717, 1.165) is 11.1 Å². The van der Waals surface area contributed by atoms with Crippen molar-refractivity contribution in [3.05, 3.63) is 42.2 Å². The van der Waals surface area contributed by atoms with Crippen LogP contribution < -0.4 is 15.0 Å². The maximum atomic E-state index is 12.4. The fraction of sp³-hybridized carbons (Fsp3) is 0.316. The van der Waals surface area contributed by atoms with Gasteiger partial charge in [0.25, 0.3) is 0 Å². The zero-order chi connectivity index (χ0) is 19.0. The maximum Gasteiger partial charge on any atom is 0.415 e. The average Bonchev–Trinajstić information content (AvgIpc) is 3.02. The molecule has 0 aliphatic carbocycles. The van der Waals surface area contributed by atoms with Crippen LogP contribution in [0.2, 0.25) is 0 Å². The van der Waals surface area contributed by atoms with E-state index in [0.29, 0.717) is 17.1 Å². The Hall–Kier alpha value is -3.13.